The number of hydrogen-bond acceptors (Lipinski definition) is 7. The number of thioether (sulfide) groups is 1. The van der Waals surface area contributed by atoms with E-state index in [0.29, 0.717) is 17.9 Å². The van der Waals surface area contributed by atoms with Crippen LogP contribution in [-0.2, 0) is 19.1 Å². The highest BCUT2D eigenvalue weighted by atomic mass is 35.5. The molecular formula is C24H21Cl2N3O5S. The minimum atomic E-state index is -1.36. The molecule has 0 unspecified atom stereocenters. The van der Waals surface area contributed by atoms with E-state index in [0.717, 1.165) is 18.9 Å². The predicted molar refractivity (Wildman–Crippen MR) is 134 cm³/mol. The highest BCUT2D eigenvalue weighted by molar-refractivity contribution is 8.03. The fourth-order valence-electron chi connectivity index (χ4n) is 3.58. The van der Waals surface area contributed by atoms with Crippen molar-refractivity contribution in [2.45, 2.75) is 12.8 Å². The summed E-state index contributed by atoms with van der Waals surface area (Å²) in [5, 5.41) is 15.8. The van der Waals surface area contributed by atoms with Gasteiger partial charge < -0.3 is 20.1 Å². The van der Waals surface area contributed by atoms with Crippen LogP contribution >= 0.6 is 35.0 Å². The van der Waals surface area contributed by atoms with Gasteiger partial charge in [-0.05, 0) is 36.8 Å². The van der Waals surface area contributed by atoms with Crippen LogP contribution in [0.5, 0.6) is 5.75 Å². The Kier molecular flexibility index (Phi) is 9.04. The Morgan fingerprint density at radius 1 is 1.20 bits per heavy atom. The molecule has 0 spiro atoms. The lowest BCUT2D eigenvalue weighted by atomic mass is 9.78. The number of carbonyl (C=O) groups is 3. The Balaban J connectivity index is 1.98. The summed E-state index contributed by atoms with van der Waals surface area (Å²) in [5.41, 5.74) is 1.05. The zero-order valence-corrected chi connectivity index (χ0v) is 21.1. The molecule has 0 saturated carbocycles. The molecule has 0 radical (unpaired) electrons. The summed E-state index contributed by atoms with van der Waals surface area (Å²) in [5.74, 6) is -4.06. The van der Waals surface area contributed by atoms with Gasteiger partial charge in [0.05, 0.1) is 46.2 Å². The third-order valence-corrected chi connectivity index (χ3v) is 6.64. The number of amides is 2. The molecule has 0 aliphatic carbocycles. The molecule has 8 nitrogen and oxygen atoms in total. The quantitative estimate of drug-likeness (QED) is 0.378. The van der Waals surface area contributed by atoms with Crippen molar-refractivity contribution >= 4 is 58.4 Å². The zero-order chi connectivity index (χ0) is 25.5. The van der Waals surface area contributed by atoms with Crippen molar-refractivity contribution in [1.82, 2.24) is 5.32 Å². The molecule has 0 saturated heterocycles. The molecule has 35 heavy (non-hydrogen) atoms. The smallest absolute Gasteiger partial charge is 0.319 e. The molecule has 11 heteroatoms. The minimum absolute atomic E-state index is 0.0776. The van der Waals surface area contributed by atoms with Gasteiger partial charge in [0.2, 0.25) is 11.8 Å². The summed E-state index contributed by atoms with van der Waals surface area (Å²) in [4.78, 5) is 37.9. The maximum Gasteiger partial charge on any atom is 0.319 e. The molecule has 0 fully saturated rings. The van der Waals surface area contributed by atoms with Crippen molar-refractivity contribution in [2.75, 3.05) is 24.8 Å². The fraction of sp³-hybridized carbons (Fsp3) is 0.250. The topological polar surface area (TPSA) is 118 Å². The first-order chi connectivity index (χ1) is 16.8. The standard InChI is InChI=1S/C24H21Cl2N3O5S/c1-3-34-21-16(25)9-13(10-17(21)26)19-15(11-27)23(29-22(31)20(19)24(32)33-2)35-12-18(30)28-14-7-5-4-6-8-14/h4-10,19-20H,3,12H2,1-2H3,(H,28,30)(H,29,31)/t19-,20-/m1/s1. The van der Waals surface area contributed by atoms with Gasteiger partial charge in [0, 0.05) is 11.6 Å². The second-order valence-corrected chi connectivity index (χ2v) is 9.07. The molecule has 2 aromatic carbocycles. The summed E-state index contributed by atoms with van der Waals surface area (Å²) in [6.07, 6.45) is 0. The average Bonchev–Trinajstić information content (AvgIpc) is 2.84. The first-order valence-electron chi connectivity index (χ1n) is 10.4. The third-order valence-electron chi connectivity index (χ3n) is 5.06. The SMILES string of the molecule is CCOc1c(Cl)cc([C@@H]2C(C#N)=C(SCC(=O)Nc3ccccc3)NC(=O)[C@@H]2C(=O)OC)cc1Cl. The summed E-state index contributed by atoms with van der Waals surface area (Å²) in [7, 11) is 1.15. The number of carbonyl (C=O) groups excluding carboxylic acids is 3. The van der Waals surface area contributed by atoms with Crippen LogP contribution in [0, 0.1) is 17.2 Å². The molecule has 2 aromatic rings. The van der Waals surface area contributed by atoms with Gasteiger partial charge in [0.15, 0.2) is 5.75 Å². The fourth-order valence-corrected chi connectivity index (χ4v) is 5.04. The molecule has 3 rings (SSSR count). The largest absolute Gasteiger partial charge is 0.491 e. The number of methoxy groups -OCH3 is 1. The molecule has 1 heterocycles. The van der Waals surface area contributed by atoms with Crippen molar-refractivity contribution in [3.05, 3.63) is 68.7 Å². The Hall–Kier alpha value is -3.19. The van der Waals surface area contributed by atoms with E-state index in [1.165, 1.54) is 12.1 Å². The van der Waals surface area contributed by atoms with Crippen LogP contribution in [0.4, 0.5) is 5.69 Å². The van der Waals surface area contributed by atoms with Crippen molar-refractivity contribution in [2.24, 2.45) is 5.92 Å². The monoisotopic (exact) mass is 533 g/mol. The number of rotatable bonds is 8. The Labute approximate surface area is 216 Å². The minimum Gasteiger partial charge on any atom is -0.491 e. The lowest BCUT2D eigenvalue weighted by molar-refractivity contribution is -0.150. The van der Waals surface area contributed by atoms with Crippen LogP contribution in [0.25, 0.3) is 0 Å². The molecule has 2 atom stereocenters. The van der Waals surface area contributed by atoms with E-state index in [4.69, 9.17) is 32.7 Å². The summed E-state index contributed by atoms with van der Waals surface area (Å²) < 4.78 is 10.3. The lowest BCUT2D eigenvalue weighted by Gasteiger charge is -2.31. The third kappa shape index (κ3) is 6.09. The number of nitrogens with one attached hydrogen (secondary N) is 2. The van der Waals surface area contributed by atoms with Crippen molar-refractivity contribution in [1.29, 1.82) is 5.26 Å². The van der Waals surface area contributed by atoms with Crippen molar-refractivity contribution in [3.63, 3.8) is 0 Å². The first-order valence-corrected chi connectivity index (χ1v) is 12.2. The lowest BCUT2D eigenvalue weighted by Crippen LogP contribution is -2.44. The number of allylic oxidation sites excluding steroid dienone is 1. The predicted octanol–water partition coefficient (Wildman–Crippen LogP) is 4.50. The Bertz CT molecular complexity index is 1190. The molecule has 1 aliphatic rings. The second kappa shape index (κ2) is 12.0. The summed E-state index contributed by atoms with van der Waals surface area (Å²) in [6, 6.07) is 13.9. The second-order valence-electron chi connectivity index (χ2n) is 7.27. The molecule has 1 aliphatic heterocycles. The van der Waals surface area contributed by atoms with Crippen LogP contribution in [0.3, 0.4) is 0 Å². The van der Waals surface area contributed by atoms with Crippen LogP contribution < -0.4 is 15.4 Å². The number of benzene rings is 2. The van der Waals surface area contributed by atoms with E-state index in [-0.39, 0.29) is 38.1 Å². The summed E-state index contributed by atoms with van der Waals surface area (Å²) >= 11 is 13.7. The Morgan fingerprint density at radius 3 is 2.43 bits per heavy atom. The van der Waals surface area contributed by atoms with Crippen LogP contribution in [0.1, 0.15) is 18.4 Å². The number of ether oxygens (including phenoxy) is 2. The van der Waals surface area contributed by atoms with E-state index in [2.05, 4.69) is 16.7 Å². The normalized spacial score (nSPS) is 17.3. The number of para-hydroxylation sites is 1. The first kappa shape index (κ1) is 26.4. The average molecular weight is 534 g/mol. The number of nitrogens with zero attached hydrogens (tertiary/aromatic N) is 1. The summed E-state index contributed by atoms with van der Waals surface area (Å²) in [6.45, 7) is 2.10. The maximum absolute atomic E-state index is 13.0. The molecule has 2 N–H and O–H groups in total. The van der Waals surface area contributed by atoms with Gasteiger partial charge in [-0.1, -0.05) is 53.2 Å². The van der Waals surface area contributed by atoms with Crippen LogP contribution in [0.2, 0.25) is 10.0 Å². The van der Waals surface area contributed by atoms with Gasteiger partial charge in [-0.3, -0.25) is 14.4 Å². The van der Waals surface area contributed by atoms with Crippen LogP contribution in [-0.4, -0.2) is 37.3 Å². The Morgan fingerprint density at radius 2 is 1.86 bits per heavy atom. The number of hydrogen-bond donors (Lipinski definition) is 2. The van der Waals surface area contributed by atoms with E-state index < -0.39 is 23.7 Å². The van der Waals surface area contributed by atoms with Gasteiger partial charge in [0.1, 0.15) is 5.92 Å². The van der Waals surface area contributed by atoms with Gasteiger partial charge in [-0.25, -0.2) is 0 Å². The van der Waals surface area contributed by atoms with E-state index in [1.807, 2.05) is 6.07 Å². The zero-order valence-electron chi connectivity index (χ0n) is 18.8. The molecule has 0 aromatic heterocycles. The highest BCUT2D eigenvalue weighted by Gasteiger charge is 2.44. The van der Waals surface area contributed by atoms with E-state index >= 15 is 0 Å². The van der Waals surface area contributed by atoms with Gasteiger partial charge >= 0.3 is 5.97 Å². The molecule has 2 amide bonds. The number of esters is 1. The molecule has 182 valence electrons. The van der Waals surface area contributed by atoms with Gasteiger partial charge in [-0.2, -0.15) is 5.26 Å². The number of nitriles is 1. The molecular weight excluding hydrogens is 513 g/mol. The maximum atomic E-state index is 13.0. The number of halogens is 2. The van der Waals surface area contributed by atoms with Gasteiger partial charge in [-0.15, -0.1) is 0 Å². The van der Waals surface area contributed by atoms with Crippen molar-refractivity contribution in [3.8, 4) is 11.8 Å². The highest BCUT2D eigenvalue weighted by Crippen LogP contribution is 2.44. The van der Waals surface area contributed by atoms with Crippen LogP contribution in [0.15, 0.2) is 53.1 Å². The van der Waals surface area contributed by atoms with Crippen molar-refractivity contribution < 1.29 is 23.9 Å². The molecule has 0 bridgehead atoms. The van der Waals surface area contributed by atoms with Gasteiger partial charge in [0.25, 0.3) is 0 Å². The van der Waals surface area contributed by atoms with E-state index in [9.17, 15) is 19.6 Å². The van der Waals surface area contributed by atoms with E-state index in [1.54, 1.807) is 31.2 Å². The number of anilines is 1.